The molecule has 100 valence electrons. The van der Waals surface area contributed by atoms with Gasteiger partial charge < -0.3 is 10.2 Å². The quantitative estimate of drug-likeness (QED) is 0.890. The van der Waals surface area contributed by atoms with Crippen LogP contribution in [0.4, 0.5) is 0 Å². The number of aromatic nitrogens is 1. The number of rotatable bonds is 4. The minimum absolute atomic E-state index is 0.0800. The molecule has 2 N–H and O–H groups in total. The Hall–Kier alpha value is -2.95. The highest BCUT2D eigenvalue weighted by atomic mass is 16.4. The summed E-state index contributed by atoms with van der Waals surface area (Å²) in [5.41, 5.74) is 0.544. The third kappa shape index (κ3) is 2.89. The maximum Gasteiger partial charge on any atom is 0.355 e. The van der Waals surface area contributed by atoms with Crippen molar-refractivity contribution in [2.45, 2.75) is 0 Å². The van der Waals surface area contributed by atoms with Crippen molar-refractivity contribution in [3.8, 4) is 0 Å². The van der Waals surface area contributed by atoms with E-state index in [-0.39, 0.29) is 16.8 Å². The molecule has 0 aliphatic heterocycles. The molecular formula is C15H11NO4. The second-order valence-corrected chi connectivity index (χ2v) is 3.98. The largest absolute Gasteiger partial charge is 0.478 e. The second-order valence-electron chi connectivity index (χ2n) is 3.98. The van der Waals surface area contributed by atoms with Crippen LogP contribution in [0.25, 0.3) is 12.2 Å². The summed E-state index contributed by atoms with van der Waals surface area (Å²) < 4.78 is 0. The first-order valence-electron chi connectivity index (χ1n) is 5.78. The number of nitrogens with zero attached hydrogens (tertiary/aromatic N) is 1. The Morgan fingerprint density at radius 2 is 1.65 bits per heavy atom. The van der Waals surface area contributed by atoms with E-state index in [4.69, 9.17) is 10.2 Å². The highest BCUT2D eigenvalue weighted by Crippen LogP contribution is 2.17. The zero-order valence-electron chi connectivity index (χ0n) is 10.4. The van der Waals surface area contributed by atoms with Crippen LogP contribution < -0.4 is 0 Å². The fraction of sp³-hybridized carbons (Fsp3) is 0. The van der Waals surface area contributed by atoms with Gasteiger partial charge >= 0.3 is 11.9 Å². The number of benzene rings is 1. The number of carboxylic acids is 2. The van der Waals surface area contributed by atoms with Crippen molar-refractivity contribution in [3.63, 3.8) is 0 Å². The van der Waals surface area contributed by atoms with Crippen LogP contribution in [-0.4, -0.2) is 27.1 Å². The van der Waals surface area contributed by atoms with E-state index in [1.54, 1.807) is 6.08 Å². The first kappa shape index (κ1) is 13.5. The minimum atomic E-state index is -1.26. The summed E-state index contributed by atoms with van der Waals surface area (Å²) >= 11 is 0. The average molecular weight is 269 g/mol. The van der Waals surface area contributed by atoms with Crippen LogP contribution in [-0.2, 0) is 0 Å². The highest BCUT2D eigenvalue weighted by Gasteiger charge is 2.17. The van der Waals surface area contributed by atoms with E-state index >= 15 is 0 Å². The fourth-order valence-electron chi connectivity index (χ4n) is 1.74. The number of hydrogen-bond donors (Lipinski definition) is 2. The average Bonchev–Trinajstić information content (AvgIpc) is 2.45. The Kier molecular flexibility index (Phi) is 3.91. The van der Waals surface area contributed by atoms with Crippen LogP contribution in [0.1, 0.15) is 32.0 Å². The van der Waals surface area contributed by atoms with E-state index in [9.17, 15) is 9.59 Å². The second kappa shape index (κ2) is 5.79. The zero-order valence-corrected chi connectivity index (χ0v) is 10.4. The topological polar surface area (TPSA) is 87.5 Å². The van der Waals surface area contributed by atoms with Crippen molar-refractivity contribution >= 4 is 24.1 Å². The van der Waals surface area contributed by atoms with Crippen molar-refractivity contribution in [2.24, 2.45) is 0 Å². The molecule has 0 aliphatic carbocycles. The molecule has 1 aromatic carbocycles. The molecule has 5 heteroatoms. The number of aromatic carboxylic acids is 2. The van der Waals surface area contributed by atoms with E-state index in [1.807, 2.05) is 30.3 Å². The van der Waals surface area contributed by atoms with Gasteiger partial charge in [-0.05, 0) is 11.6 Å². The summed E-state index contributed by atoms with van der Waals surface area (Å²) in [6.07, 6.45) is 4.28. The number of hydrogen-bond acceptors (Lipinski definition) is 3. The summed E-state index contributed by atoms with van der Waals surface area (Å²) in [7, 11) is 0. The fourth-order valence-corrected chi connectivity index (χ4v) is 1.74. The molecule has 0 unspecified atom stereocenters. The van der Waals surface area contributed by atoms with E-state index in [0.717, 1.165) is 5.56 Å². The van der Waals surface area contributed by atoms with Gasteiger partial charge in [-0.2, -0.15) is 0 Å². The standard InChI is InChI=1S/C15H11NO4/c17-14(18)12-8-9-16-13(15(19)20)11(12)7-6-10-4-2-1-3-5-10/h1-9H,(H,17,18)(H,19,20). The first-order valence-corrected chi connectivity index (χ1v) is 5.78. The lowest BCUT2D eigenvalue weighted by atomic mass is 10.0. The van der Waals surface area contributed by atoms with Crippen LogP contribution in [0.2, 0.25) is 0 Å². The van der Waals surface area contributed by atoms with Crippen LogP contribution in [0.15, 0.2) is 42.6 Å². The Morgan fingerprint density at radius 1 is 0.950 bits per heavy atom. The van der Waals surface area contributed by atoms with Gasteiger partial charge in [0.25, 0.3) is 0 Å². The predicted octanol–water partition coefficient (Wildman–Crippen LogP) is 2.65. The van der Waals surface area contributed by atoms with Crippen molar-refractivity contribution in [3.05, 3.63) is 65.0 Å². The molecular weight excluding hydrogens is 258 g/mol. The first-order chi connectivity index (χ1) is 9.59. The van der Waals surface area contributed by atoms with Gasteiger partial charge in [0.05, 0.1) is 5.56 Å². The van der Waals surface area contributed by atoms with E-state index in [2.05, 4.69) is 4.98 Å². The molecule has 0 saturated heterocycles. The summed E-state index contributed by atoms with van der Waals surface area (Å²) in [5.74, 6) is -2.46. The zero-order chi connectivity index (χ0) is 14.5. The summed E-state index contributed by atoms with van der Waals surface area (Å²) in [4.78, 5) is 26.0. The van der Waals surface area contributed by atoms with Crippen molar-refractivity contribution in [1.82, 2.24) is 4.98 Å². The SMILES string of the molecule is O=C(O)c1ccnc(C(=O)O)c1C=Cc1ccccc1. The van der Waals surface area contributed by atoms with Gasteiger partial charge in [0.2, 0.25) is 0 Å². The number of pyridine rings is 1. The van der Waals surface area contributed by atoms with Gasteiger partial charge in [-0.3, -0.25) is 0 Å². The van der Waals surface area contributed by atoms with E-state index in [0.29, 0.717) is 0 Å². The lowest BCUT2D eigenvalue weighted by molar-refractivity contribution is 0.0690. The molecule has 2 rings (SSSR count). The minimum Gasteiger partial charge on any atom is -0.478 e. The molecule has 0 bridgehead atoms. The Balaban J connectivity index is 2.51. The van der Waals surface area contributed by atoms with Gasteiger partial charge in [0.15, 0.2) is 5.69 Å². The lowest BCUT2D eigenvalue weighted by Gasteiger charge is -2.04. The lowest BCUT2D eigenvalue weighted by Crippen LogP contribution is -2.09. The van der Waals surface area contributed by atoms with Gasteiger partial charge in [0.1, 0.15) is 0 Å². The maximum absolute atomic E-state index is 11.2. The van der Waals surface area contributed by atoms with E-state index < -0.39 is 11.9 Å². The third-order valence-electron chi connectivity index (χ3n) is 2.67. The van der Waals surface area contributed by atoms with Crippen molar-refractivity contribution in [1.29, 1.82) is 0 Å². The molecule has 2 aromatic rings. The van der Waals surface area contributed by atoms with Crippen LogP contribution in [0.3, 0.4) is 0 Å². The molecule has 5 nitrogen and oxygen atoms in total. The van der Waals surface area contributed by atoms with Gasteiger partial charge in [-0.25, -0.2) is 14.6 Å². The Bertz CT molecular complexity index is 645. The van der Waals surface area contributed by atoms with Crippen molar-refractivity contribution < 1.29 is 19.8 Å². The summed E-state index contributed by atoms with van der Waals surface area (Å²) in [6.45, 7) is 0. The van der Waals surface area contributed by atoms with Gasteiger partial charge in [-0.1, -0.05) is 42.5 Å². The molecule has 20 heavy (non-hydrogen) atoms. The van der Waals surface area contributed by atoms with Crippen LogP contribution in [0, 0.1) is 0 Å². The van der Waals surface area contributed by atoms with Crippen LogP contribution in [0.5, 0.6) is 0 Å². The highest BCUT2D eigenvalue weighted by molar-refractivity contribution is 6.00. The predicted molar refractivity (Wildman–Crippen MR) is 73.5 cm³/mol. The monoisotopic (exact) mass is 269 g/mol. The van der Waals surface area contributed by atoms with Gasteiger partial charge in [-0.15, -0.1) is 0 Å². The molecule has 0 fully saturated rings. The van der Waals surface area contributed by atoms with Crippen LogP contribution >= 0.6 is 0 Å². The maximum atomic E-state index is 11.2. The molecule has 1 heterocycles. The smallest absolute Gasteiger partial charge is 0.355 e. The Morgan fingerprint density at radius 3 is 2.25 bits per heavy atom. The summed E-state index contributed by atoms with van der Waals surface area (Å²) in [6, 6.07) is 10.5. The molecule has 0 atom stereocenters. The summed E-state index contributed by atoms with van der Waals surface area (Å²) in [5, 5.41) is 18.2. The third-order valence-corrected chi connectivity index (χ3v) is 2.67. The molecule has 0 saturated carbocycles. The van der Waals surface area contributed by atoms with Gasteiger partial charge in [0, 0.05) is 11.8 Å². The molecule has 1 aromatic heterocycles. The van der Waals surface area contributed by atoms with E-state index in [1.165, 1.54) is 18.3 Å². The Labute approximate surface area is 114 Å². The normalized spacial score (nSPS) is 10.6. The molecule has 0 radical (unpaired) electrons. The number of carbonyl (C=O) groups is 2. The molecule has 0 aliphatic rings. The van der Waals surface area contributed by atoms with Crippen molar-refractivity contribution in [2.75, 3.05) is 0 Å². The molecule has 0 spiro atoms. The molecule has 0 amide bonds. The number of carboxylic acid groups (broad SMARTS) is 2.